The van der Waals surface area contributed by atoms with Crippen molar-refractivity contribution in [2.75, 3.05) is 0 Å². The van der Waals surface area contributed by atoms with Crippen molar-refractivity contribution in [1.82, 2.24) is 24.1 Å². The molecule has 0 saturated carbocycles. The van der Waals surface area contributed by atoms with Crippen LogP contribution in [0.5, 0.6) is 0 Å². The lowest BCUT2D eigenvalue weighted by Crippen LogP contribution is -2.75. The number of para-hydroxylation sites is 4. The number of nitrogens with zero attached hydrogens (tertiary/aromatic N) is 5. The Hall–Kier alpha value is -8.97. The maximum Gasteiger partial charge on any atom is 0.240 e. The van der Waals surface area contributed by atoms with E-state index in [1.54, 1.807) is 0 Å². The van der Waals surface area contributed by atoms with Gasteiger partial charge < -0.3 is 0 Å². The molecule has 0 N–H and O–H groups in total. The van der Waals surface area contributed by atoms with Gasteiger partial charge in [-0.05, 0) is 95.6 Å². The number of rotatable bonds is 3. The molecule has 15 rings (SSSR count). The number of hydrogen-bond acceptors (Lipinski definition) is 3. The second-order valence-electron chi connectivity index (χ2n) is 18.2. The zero-order valence-electron chi connectivity index (χ0n) is 37.3. The molecule has 0 aliphatic carbocycles. The van der Waals surface area contributed by atoms with Crippen molar-refractivity contribution in [1.29, 1.82) is 0 Å². The maximum atomic E-state index is 5.50. The molecule has 0 bridgehead atoms. The topological polar surface area (TPSA) is 48.5 Å². The number of hydrogen-bond donors (Lipinski definition) is 0. The van der Waals surface area contributed by atoms with E-state index in [2.05, 4.69) is 246 Å². The number of fused-ring (bicyclic) bond motifs is 20. The van der Waals surface area contributed by atoms with Crippen molar-refractivity contribution in [3.05, 3.63) is 237 Å². The third-order valence-electron chi connectivity index (χ3n) is 14.9. The summed E-state index contributed by atoms with van der Waals surface area (Å²) in [5, 5.41) is 10.2. The minimum atomic E-state index is -3.09. The van der Waals surface area contributed by atoms with Gasteiger partial charge in [0.25, 0.3) is 0 Å². The Labute approximate surface area is 398 Å². The second-order valence-corrected chi connectivity index (χ2v) is 21.9. The van der Waals surface area contributed by atoms with Crippen LogP contribution in [-0.2, 0) is 0 Å². The van der Waals surface area contributed by atoms with Crippen LogP contribution in [0.25, 0.3) is 111 Å². The zero-order chi connectivity index (χ0) is 45.2. The van der Waals surface area contributed by atoms with E-state index in [4.69, 9.17) is 15.0 Å². The molecule has 10 aromatic carbocycles. The lowest BCUT2D eigenvalue weighted by atomic mass is 9.92. The highest BCUT2D eigenvalue weighted by Gasteiger charge is 2.50. The summed E-state index contributed by atoms with van der Waals surface area (Å²) in [5.74, 6) is 1.73. The number of aromatic nitrogens is 5. The van der Waals surface area contributed by atoms with Crippen LogP contribution in [0.3, 0.4) is 0 Å². The molecular formula is C63H39N5Si. The van der Waals surface area contributed by atoms with Crippen LogP contribution in [0.4, 0.5) is 0 Å². The molecule has 2 aliphatic heterocycles. The van der Waals surface area contributed by atoms with Gasteiger partial charge in [0.15, 0.2) is 13.9 Å². The molecule has 3 aromatic heterocycles. The summed E-state index contributed by atoms with van der Waals surface area (Å²) < 4.78 is 4.41. The van der Waals surface area contributed by atoms with Crippen LogP contribution in [0.1, 0.15) is 0 Å². The SMILES string of the molecule is c1ccc2c(c1)-c1ccccc1[Si]1(c3ccccc3-2)c2ccccc2-c2ccc(-c3nc(-n4c5ccccc5c5ccccc54)nc(-n4c5ccccc5c5ccccc54)n3)cc2-c2ccccc21. The lowest BCUT2D eigenvalue weighted by molar-refractivity contribution is 0.893. The molecule has 13 aromatic rings. The van der Waals surface area contributed by atoms with Gasteiger partial charge in [-0.1, -0.05) is 206 Å². The fourth-order valence-corrected chi connectivity index (χ4v) is 17.7. The van der Waals surface area contributed by atoms with Crippen molar-refractivity contribution >= 4 is 72.4 Å². The molecule has 0 atom stereocenters. The van der Waals surface area contributed by atoms with Gasteiger partial charge in [0.1, 0.15) is 0 Å². The molecule has 5 heterocycles. The first-order chi connectivity index (χ1) is 34.3. The zero-order valence-corrected chi connectivity index (χ0v) is 38.3. The average molecular weight is 894 g/mol. The first kappa shape index (κ1) is 38.2. The molecule has 0 unspecified atom stereocenters. The van der Waals surface area contributed by atoms with E-state index in [0.717, 1.165) is 54.7 Å². The van der Waals surface area contributed by atoms with Gasteiger partial charge in [-0.2, -0.15) is 15.0 Å². The highest BCUT2D eigenvalue weighted by Crippen LogP contribution is 2.43. The third kappa shape index (κ3) is 5.26. The van der Waals surface area contributed by atoms with E-state index in [1.165, 1.54) is 59.7 Å². The van der Waals surface area contributed by atoms with Crippen LogP contribution in [0.2, 0.25) is 0 Å². The lowest BCUT2D eigenvalue weighted by Gasteiger charge is -2.37. The summed E-state index contributed by atoms with van der Waals surface area (Å²) in [7, 11) is -3.09. The number of benzene rings is 10. The average Bonchev–Trinajstić information content (AvgIpc) is 3.88. The molecule has 1 spiro atoms. The summed E-state index contributed by atoms with van der Waals surface area (Å²) in [6.07, 6.45) is 0. The molecule has 0 amide bonds. The van der Waals surface area contributed by atoms with Crippen LogP contribution in [0, 0.1) is 0 Å². The van der Waals surface area contributed by atoms with Crippen LogP contribution in [0.15, 0.2) is 237 Å². The predicted octanol–water partition coefficient (Wildman–Crippen LogP) is 12.4. The van der Waals surface area contributed by atoms with Crippen LogP contribution in [-0.4, -0.2) is 32.2 Å². The van der Waals surface area contributed by atoms with Gasteiger partial charge >= 0.3 is 0 Å². The molecule has 5 nitrogen and oxygen atoms in total. The minimum Gasteiger partial charge on any atom is -0.278 e. The van der Waals surface area contributed by atoms with Gasteiger partial charge in [-0.15, -0.1) is 0 Å². The van der Waals surface area contributed by atoms with Gasteiger partial charge in [0, 0.05) is 27.1 Å². The Balaban J connectivity index is 1.04. The Morgan fingerprint density at radius 2 is 0.565 bits per heavy atom. The molecule has 0 fully saturated rings. The largest absolute Gasteiger partial charge is 0.278 e. The van der Waals surface area contributed by atoms with Crippen molar-refractivity contribution in [3.8, 4) is 67.8 Å². The van der Waals surface area contributed by atoms with Gasteiger partial charge in [-0.25, -0.2) is 0 Å². The highest BCUT2D eigenvalue weighted by molar-refractivity contribution is 7.22. The summed E-state index contributed by atoms with van der Waals surface area (Å²) >= 11 is 0. The van der Waals surface area contributed by atoms with Crippen LogP contribution >= 0.6 is 0 Å². The summed E-state index contributed by atoms with van der Waals surface area (Å²) in [6, 6.07) is 87.0. The van der Waals surface area contributed by atoms with Crippen LogP contribution < -0.4 is 20.7 Å². The van der Waals surface area contributed by atoms with Gasteiger partial charge in [0.2, 0.25) is 11.9 Å². The first-order valence-corrected chi connectivity index (χ1v) is 25.6. The Bertz CT molecular complexity index is 3990. The third-order valence-corrected chi connectivity index (χ3v) is 19.8. The van der Waals surface area contributed by atoms with E-state index in [1.807, 2.05) is 0 Å². The first-order valence-electron chi connectivity index (χ1n) is 23.6. The normalized spacial score (nSPS) is 13.0. The fraction of sp³-hybridized carbons (Fsp3) is 0. The predicted molar refractivity (Wildman–Crippen MR) is 286 cm³/mol. The maximum absolute atomic E-state index is 5.50. The molecule has 320 valence electrons. The van der Waals surface area contributed by atoms with Crippen molar-refractivity contribution in [2.45, 2.75) is 0 Å². The van der Waals surface area contributed by atoms with Gasteiger partial charge in [-0.3, -0.25) is 9.13 Å². The summed E-state index contributed by atoms with van der Waals surface area (Å²) in [6.45, 7) is 0. The molecule has 0 radical (unpaired) electrons. The molecule has 69 heavy (non-hydrogen) atoms. The van der Waals surface area contributed by atoms with E-state index >= 15 is 0 Å². The molecule has 6 heteroatoms. The smallest absolute Gasteiger partial charge is 0.240 e. The quantitative estimate of drug-likeness (QED) is 0.166. The Kier molecular flexibility index (Phi) is 8.03. The Morgan fingerprint density at radius 1 is 0.261 bits per heavy atom. The van der Waals surface area contributed by atoms with E-state index in [-0.39, 0.29) is 0 Å². The minimum absolute atomic E-state index is 0.563. The highest BCUT2D eigenvalue weighted by atomic mass is 28.3. The summed E-state index contributed by atoms with van der Waals surface area (Å²) in [4.78, 5) is 16.5. The van der Waals surface area contributed by atoms with E-state index in [9.17, 15) is 0 Å². The van der Waals surface area contributed by atoms with Crippen molar-refractivity contribution < 1.29 is 0 Å². The second kappa shape index (κ2) is 14.5. The molecule has 2 aliphatic rings. The van der Waals surface area contributed by atoms with Gasteiger partial charge in [0.05, 0.1) is 22.1 Å². The molecular weight excluding hydrogens is 855 g/mol. The van der Waals surface area contributed by atoms with Crippen molar-refractivity contribution in [2.24, 2.45) is 0 Å². The standard InChI is InChI=1S/C63H39N5Si/c1-2-20-42-41(19-1)48-25-7-15-33-57(48)69(58-34-16-8-26-49(42)58)59-35-17-9-27-50(59)43-38-37-40(39-52(43)51-28-10-18-36-60(51)69)61-64-62(67-53-29-11-3-21-44(53)45-22-4-12-30-54(45)67)66-63(65-61)68-55-31-13-5-23-46(55)47-24-6-14-32-56(47)68/h1-39H. The summed E-state index contributed by atoms with van der Waals surface area (Å²) in [5.41, 5.74) is 15.1. The van der Waals surface area contributed by atoms with E-state index in [0.29, 0.717) is 17.7 Å². The fourth-order valence-electron chi connectivity index (χ4n) is 12.1. The Morgan fingerprint density at radius 3 is 0.957 bits per heavy atom. The van der Waals surface area contributed by atoms with E-state index < -0.39 is 8.07 Å². The van der Waals surface area contributed by atoms with Crippen molar-refractivity contribution in [3.63, 3.8) is 0 Å². The molecule has 0 saturated heterocycles. The monoisotopic (exact) mass is 893 g/mol.